The lowest BCUT2D eigenvalue weighted by Gasteiger charge is -2.30. The Hall–Kier alpha value is -2.95. The van der Waals surface area contributed by atoms with Gasteiger partial charge < -0.3 is 4.90 Å². The quantitative estimate of drug-likeness (QED) is 0.715. The molecule has 132 valence electrons. The van der Waals surface area contributed by atoms with Crippen molar-refractivity contribution in [1.82, 2.24) is 14.7 Å². The van der Waals surface area contributed by atoms with Crippen LogP contribution in [-0.2, 0) is 0 Å². The van der Waals surface area contributed by atoms with Gasteiger partial charge in [-0.15, -0.1) is 0 Å². The van der Waals surface area contributed by atoms with E-state index in [1.165, 1.54) is 4.68 Å². The number of hydrogen-bond donors (Lipinski definition) is 0. The minimum absolute atomic E-state index is 0.0993. The van der Waals surface area contributed by atoms with Crippen LogP contribution in [0.5, 0.6) is 0 Å². The maximum Gasteiger partial charge on any atom is 0.279 e. The van der Waals surface area contributed by atoms with Crippen LogP contribution in [0, 0.1) is 5.92 Å². The molecule has 0 spiro atoms. The summed E-state index contributed by atoms with van der Waals surface area (Å²) in [6.07, 6.45) is 2.00. The smallest absolute Gasteiger partial charge is 0.279 e. The molecular formula is C21H21N3O2. The van der Waals surface area contributed by atoms with E-state index in [0.717, 1.165) is 25.9 Å². The number of aromatic nitrogens is 2. The molecule has 26 heavy (non-hydrogen) atoms. The molecule has 0 radical (unpaired) electrons. The molecule has 1 fully saturated rings. The lowest BCUT2D eigenvalue weighted by Crippen LogP contribution is -2.39. The molecule has 0 unspecified atom stereocenters. The van der Waals surface area contributed by atoms with Crippen molar-refractivity contribution >= 4 is 16.7 Å². The van der Waals surface area contributed by atoms with Crippen LogP contribution in [0.1, 0.15) is 30.3 Å². The molecule has 5 nitrogen and oxygen atoms in total. The molecule has 4 rings (SSSR count). The second kappa shape index (κ2) is 6.75. The van der Waals surface area contributed by atoms with Crippen molar-refractivity contribution in [3.05, 3.63) is 70.6 Å². The summed E-state index contributed by atoms with van der Waals surface area (Å²) in [5.74, 6) is 0.541. The summed E-state index contributed by atoms with van der Waals surface area (Å²) in [6, 6.07) is 16.4. The van der Waals surface area contributed by atoms with E-state index in [9.17, 15) is 9.59 Å². The molecule has 3 aromatic rings. The SMILES string of the molecule is CC1CCN(C(=O)c2nn(-c3ccccc3)c(=O)c3ccccc23)CC1. The molecule has 1 aromatic heterocycles. The van der Waals surface area contributed by atoms with Crippen molar-refractivity contribution in [3.8, 4) is 5.69 Å². The highest BCUT2D eigenvalue weighted by molar-refractivity contribution is 6.04. The second-order valence-corrected chi connectivity index (χ2v) is 6.92. The topological polar surface area (TPSA) is 55.2 Å². The van der Waals surface area contributed by atoms with Crippen molar-refractivity contribution in [2.24, 2.45) is 5.92 Å². The third kappa shape index (κ3) is 2.90. The second-order valence-electron chi connectivity index (χ2n) is 6.92. The Balaban J connectivity index is 1.87. The number of piperidine rings is 1. The average Bonchev–Trinajstić information content (AvgIpc) is 2.69. The van der Waals surface area contributed by atoms with Gasteiger partial charge in [0.05, 0.1) is 11.1 Å². The van der Waals surface area contributed by atoms with Crippen molar-refractivity contribution in [2.75, 3.05) is 13.1 Å². The summed E-state index contributed by atoms with van der Waals surface area (Å²) in [4.78, 5) is 27.9. The largest absolute Gasteiger partial charge is 0.337 e. The number of hydrogen-bond acceptors (Lipinski definition) is 3. The molecule has 0 N–H and O–H groups in total. The van der Waals surface area contributed by atoms with Gasteiger partial charge >= 0.3 is 0 Å². The summed E-state index contributed by atoms with van der Waals surface area (Å²) in [5.41, 5.74) is 0.791. The highest BCUT2D eigenvalue weighted by atomic mass is 16.2. The fourth-order valence-electron chi connectivity index (χ4n) is 3.45. The van der Waals surface area contributed by atoms with Crippen molar-refractivity contribution < 1.29 is 4.79 Å². The standard InChI is InChI=1S/C21H21N3O2/c1-15-11-13-23(14-12-15)21(26)19-17-9-5-6-10-18(17)20(25)24(22-19)16-7-3-2-4-8-16/h2-10,15H,11-14H2,1H3. The van der Waals surface area contributed by atoms with E-state index in [4.69, 9.17) is 0 Å². The fraction of sp³-hybridized carbons (Fsp3) is 0.286. The van der Waals surface area contributed by atoms with Crippen LogP contribution in [0.15, 0.2) is 59.4 Å². The first-order valence-electron chi connectivity index (χ1n) is 9.02. The zero-order valence-electron chi connectivity index (χ0n) is 14.8. The van der Waals surface area contributed by atoms with Crippen LogP contribution in [-0.4, -0.2) is 33.7 Å². The van der Waals surface area contributed by atoms with Gasteiger partial charge in [0, 0.05) is 18.5 Å². The molecule has 0 bridgehead atoms. The predicted octanol–water partition coefficient (Wildman–Crippen LogP) is 3.26. The van der Waals surface area contributed by atoms with E-state index in [1.807, 2.05) is 47.4 Å². The van der Waals surface area contributed by atoms with Gasteiger partial charge in [0.25, 0.3) is 11.5 Å². The van der Waals surface area contributed by atoms with E-state index in [2.05, 4.69) is 12.0 Å². The van der Waals surface area contributed by atoms with Crippen LogP contribution in [0.2, 0.25) is 0 Å². The van der Waals surface area contributed by atoms with Crippen LogP contribution < -0.4 is 5.56 Å². The summed E-state index contributed by atoms with van der Waals surface area (Å²) in [7, 11) is 0. The summed E-state index contributed by atoms with van der Waals surface area (Å²) in [6.45, 7) is 3.69. The van der Waals surface area contributed by atoms with Gasteiger partial charge in [0.15, 0.2) is 5.69 Å². The first-order valence-corrected chi connectivity index (χ1v) is 9.02. The minimum atomic E-state index is -0.212. The zero-order valence-corrected chi connectivity index (χ0v) is 14.8. The molecule has 2 aromatic carbocycles. The van der Waals surface area contributed by atoms with Crippen LogP contribution in [0.25, 0.3) is 16.5 Å². The summed E-state index contributed by atoms with van der Waals surface area (Å²) in [5, 5.41) is 5.61. The number of likely N-dealkylation sites (tertiary alicyclic amines) is 1. The Labute approximate surface area is 151 Å². The number of carbonyl (C=O) groups is 1. The summed E-state index contributed by atoms with van der Waals surface area (Å²) >= 11 is 0. The van der Waals surface area contributed by atoms with E-state index in [1.54, 1.807) is 12.1 Å². The number of para-hydroxylation sites is 1. The molecular weight excluding hydrogens is 326 g/mol. The van der Waals surface area contributed by atoms with E-state index in [-0.39, 0.29) is 11.5 Å². The van der Waals surface area contributed by atoms with Gasteiger partial charge in [-0.3, -0.25) is 9.59 Å². The zero-order chi connectivity index (χ0) is 18.1. The molecule has 5 heteroatoms. The molecule has 0 saturated carbocycles. The Bertz CT molecular complexity index is 1000. The first kappa shape index (κ1) is 16.5. The van der Waals surface area contributed by atoms with Crippen molar-refractivity contribution in [1.29, 1.82) is 0 Å². The van der Waals surface area contributed by atoms with Crippen LogP contribution in [0.3, 0.4) is 0 Å². The number of nitrogens with zero attached hydrogens (tertiary/aromatic N) is 3. The Kier molecular flexibility index (Phi) is 4.29. The highest BCUT2D eigenvalue weighted by Crippen LogP contribution is 2.21. The Morgan fingerprint density at radius 3 is 2.27 bits per heavy atom. The minimum Gasteiger partial charge on any atom is -0.337 e. The Morgan fingerprint density at radius 1 is 0.962 bits per heavy atom. The number of fused-ring (bicyclic) bond motifs is 1. The van der Waals surface area contributed by atoms with E-state index in [0.29, 0.717) is 28.1 Å². The third-order valence-electron chi connectivity index (χ3n) is 5.08. The van der Waals surface area contributed by atoms with Gasteiger partial charge in [0.2, 0.25) is 0 Å². The lowest BCUT2D eigenvalue weighted by molar-refractivity contribution is 0.0691. The normalized spacial score (nSPS) is 15.3. The molecule has 0 aliphatic carbocycles. The number of amides is 1. The fourth-order valence-corrected chi connectivity index (χ4v) is 3.45. The molecule has 0 atom stereocenters. The molecule has 1 saturated heterocycles. The van der Waals surface area contributed by atoms with Crippen LogP contribution in [0.4, 0.5) is 0 Å². The third-order valence-corrected chi connectivity index (χ3v) is 5.08. The van der Waals surface area contributed by atoms with Crippen molar-refractivity contribution in [2.45, 2.75) is 19.8 Å². The van der Waals surface area contributed by atoms with Gasteiger partial charge in [-0.25, -0.2) is 0 Å². The van der Waals surface area contributed by atoms with Gasteiger partial charge in [-0.1, -0.05) is 43.3 Å². The number of rotatable bonds is 2. The number of benzene rings is 2. The summed E-state index contributed by atoms with van der Waals surface area (Å²) < 4.78 is 1.34. The number of carbonyl (C=O) groups excluding carboxylic acids is 1. The van der Waals surface area contributed by atoms with Gasteiger partial charge in [-0.05, 0) is 37.0 Å². The Morgan fingerprint density at radius 2 is 1.58 bits per heavy atom. The van der Waals surface area contributed by atoms with Crippen LogP contribution >= 0.6 is 0 Å². The molecule has 1 aliphatic heterocycles. The maximum atomic E-state index is 13.2. The van der Waals surface area contributed by atoms with Gasteiger partial charge in [0.1, 0.15) is 0 Å². The lowest BCUT2D eigenvalue weighted by atomic mass is 9.99. The molecule has 1 aliphatic rings. The first-order chi connectivity index (χ1) is 12.6. The molecule has 1 amide bonds. The highest BCUT2D eigenvalue weighted by Gasteiger charge is 2.25. The predicted molar refractivity (Wildman–Crippen MR) is 102 cm³/mol. The van der Waals surface area contributed by atoms with Crippen molar-refractivity contribution in [3.63, 3.8) is 0 Å². The average molecular weight is 347 g/mol. The van der Waals surface area contributed by atoms with E-state index < -0.39 is 0 Å². The van der Waals surface area contributed by atoms with E-state index >= 15 is 0 Å². The molecule has 2 heterocycles. The maximum absolute atomic E-state index is 13.2. The van der Waals surface area contributed by atoms with Gasteiger partial charge in [-0.2, -0.15) is 9.78 Å². The monoisotopic (exact) mass is 347 g/mol.